The van der Waals surface area contributed by atoms with Crippen molar-refractivity contribution in [3.8, 4) is 5.75 Å². The van der Waals surface area contributed by atoms with Gasteiger partial charge in [0.25, 0.3) is 0 Å². The molecular formula is C24H33N5O3S. The minimum absolute atomic E-state index is 0.0498. The zero-order chi connectivity index (χ0) is 23.0. The van der Waals surface area contributed by atoms with E-state index in [1.54, 1.807) is 11.8 Å². The van der Waals surface area contributed by atoms with E-state index in [0.29, 0.717) is 38.5 Å². The van der Waals surface area contributed by atoms with Gasteiger partial charge in [-0.25, -0.2) is 0 Å². The normalized spacial score (nSPS) is 15.8. The lowest BCUT2D eigenvalue weighted by Crippen LogP contribution is -2.25. The molecule has 0 unspecified atom stereocenters. The van der Waals surface area contributed by atoms with E-state index in [9.17, 15) is 9.59 Å². The van der Waals surface area contributed by atoms with Crippen molar-refractivity contribution < 1.29 is 14.3 Å². The minimum Gasteiger partial charge on any atom is -0.494 e. The van der Waals surface area contributed by atoms with Crippen LogP contribution in [0.25, 0.3) is 0 Å². The van der Waals surface area contributed by atoms with E-state index < -0.39 is 0 Å². The van der Waals surface area contributed by atoms with Crippen molar-refractivity contribution in [2.75, 3.05) is 24.7 Å². The summed E-state index contributed by atoms with van der Waals surface area (Å²) in [4.78, 5) is 23.6. The molecule has 33 heavy (non-hydrogen) atoms. The van der Waals surface area contributed by atoms with Crippen LogP contribution in [0.1, 0.15) is 68.8 Å². The first kappa shape index (κ1) is 23.6. The van der Waals surface area contributed by atoms with Crippen LogP contribution in [-0.4, -0.2) is 46.0 Å². The van der Waals surface area contributed by atoms with Crippen LogP contribution in [0.5, 0.6) is 5.75 Å². The number of hydrogen-bond donors (Lipinski definition) is 2. The summed E-state index contributed by atoms with van der Waals surface area (Å²) in [7, 11) is 0. The average molecular weight is 472 g/mol. The molecule has 4 rings (SSSR count). The minimum atomic E-state index is 0.0498. The second-order valence-electron chi connectivity index (χ2n) is 8.68. The Bertz CT molecular complexity index is 971. The molecule has 0 bridgehead atoms. The smallest absolute Gasteiger partial charge is 0.224 e. The summed E-state index contributed by atoms with van der Waals surface area (Å²) >= 11 is 1.65. The van der Waals surface area contributed by atoms with Gasteiger partial charge < -0.3 is 19.9 Å². The lowest BCUT2D eigenvalue weighted by atomic mass is 10.0. The van der Waals surface area contributed by atoms with Gasteiger partial charge in [0.2, 0.25) is 11.8 Å². The zero-order valence-corrected chi connectivity index (χ0v) is 20.1. The van der Waals surface area contributed by atoms with E-state index in [1.165, 1.54) is 25.7 Å². The van der Waals surface area contributed by atoms with Gasteiger partial charge in [-0.1, -0.05) is 24.6 Å². The Morgan fingerprint density at radius 2 is 2.09 bits per heavy atom. The molecule has 1 aliphatic heterocycles. The Hall–Kier alpha value is -2.55. The topological polar surface area (TPSA) is 98.1 Å². The molecule has 2 amide bonds. The number of benzene rings is 1. The van der Waals surface area contributed by atoms with E-state index in [-0.39, 0.29) is 11.8 Å². The SMILES string of the molecule is CSc1nnc(CCCNC(=O)CCCOc2ccc3c(c2)CCC(=O)N3)n1C1CCCC1. The number of amides is 2. The molecule has 1 fully saturated rings. The van der Waals surface area contributed by atoms with Crippen LogP contribution in [0.3, 0.4) is 0 Å². The van der Waals surface area contributed by atoms with Gasteiger partial charge in [0, 0.05) is 37.5 Å². The number of carbonyl (C=O) groups excluding carboxylic acids is 2. The zero-order valence-electron chi connectivity index (χ0n) is 19.3. The first-order valence-electron chi connectivity index (χ1n) is 11.9. The van der Waals surface area contributed by atoms with E-state index in [0.717, 1.165) is 47.2 Å². The van der Waals surface area contributed by atoms with E-state index in [2.05, 4.69) is 25.4 Å². The molecule has 0 saturated heterocycles. The van der Waals surface area contributed by atoms with Gasteiger partial charge in [0.15, 0.2) is 5.16 Å². The van der Waals surface area contributed by atoms with Crippen LogP contribution < -0.4 is 15.4 Å². The van der Waals surface area contributed by atoms with Gasteiger partial charge in [-0.2, -0.15) is 0 Å². The molecule has 178 valence electrons. The molecule has 0 spiro atoms. The van der Waals surface area contributed by atoms with Crippen molar-refractivity contribution in [3.63, 3.8) is 0 Å². The predicted octanol–water partition coefficient (Wildman–Crippen LogP) is 3.91. The quantitative estimate of drug-likeness (QED) is 0.381. The highest BCUT2D eigenvalue weighted by atomic mass is 32.2. The summed E-state index contributed by atoms with van der Waals surface area (Å²) in [6.07, 6.45) is 11.0. The maximum absolute atomic E-state index is 12.2. The highest BCUT2D eigenvalue weighted by Gasteiger charge is 2.23. The monoisotopic (exact) mass is 471 g/mol. The number of thioether (sulfide) groups is 1. The summed E-state index contributed by atoms with van der Waals surface area (Å²) in [6.45, 7) is 1.13. The Labute approximate surface area is 199 Å². The number of aryl methyl sites for hydroxylation is 2. The third-order valence-electron chi connectivity index (χ3n) is 6.30. The first-order chi connectivity index (χ1) is 16.1. The van der Waals surface area contributed by atoms with Gasteiger partial charge >= 0.3 is 0 Å². The molecule has 8 nitrogen and oxygen atoms in total. The van der Waals surface area contributed by atoms with E-state index in [4.69, 9.17) is 4.74 Å². The Balaban J connectivity index is 1.13. The summed E-state index contributed by atoms with van der Waals surface area (Å²) in [6, 6.07) is 6.24. The number of nitrogens with zero attached hydrogens (tertiary/aromatic N) is 3. The third kappa shape index (κ3) is 6.28. The number of hydrogen-bond acceptors (Lipinski definition) is 6. The molecule has 2 N–H and O–H groups in total. The largest absolute Gasteiger partial charge is 0.494 e. The fourth-order valence-corrected chi connectivity index (χ4v) is 5.15. The summed E-state index contributed by atoms with van der Waals surface area (Å²) < 4.78 is 8.12. The Kier molecular flexibility index (Phi) is 8.25. The highest BCUT2D eigenvalue weighted by Crippen LogP contribution is 2.33. The average Bonchev–Trinajstić information content (AvgIpc) is 3.49. The molecule has 9 heteroatoms. The molecule has 1 aromatic carbocycles. The molecule has 1 aliphatic carbocycles. The van der Waals surface area contributed by atoms with Crippen LogP contribution in [0.4, 0.5) is 5.69 Å². The Morgan fingerprint density at radius 1 is 1.24 bits per heavy atom. The first-order valence-corrected chi connectivity index (χ1v) is 13.2. The van der Waals surface area contributed by atoms with E-state index in [1.807, 2.05) is 24.5 Å². The summed E-state index contributed by atoms with van der Waals surface area (Å²) in [5.41, 5.74) is 1.96. The fraction of sp³-hybridized carbons (Fsp3) is 0.583. The van der Waals surface area contributed by atoms with Crippen molar-refractivity contribution in [2.45, 2.75) is 75.4 Å². The highest BCUT2D eigenvalue weighted by molar-refractivity contribution is 7.98. The predicted molar refractivity (Wildman–Crippen MR) is 129 cm³/mol. The molecular weight excluding hydrogens is 438 g/mol. The van der Waals surface area contributed by atoms with Gasteiger partial charge in [-0.3, -0.25) is 9.59 Å². The molecule has 1 saturated carbocycles. The standard InChI is InChI=1S/C24H33N5O3S/c1-33-24-28-27-21(29(24)18-6-2-3-7-18)8-4-14-25-22(30)9-5-15-32-19-11-12-20-17(16-19)10-13-23(31)26-20/h11-12,16,18H,2-10,13-15H2,1H3,(H,25,30)(H,26,31). The molecule has 2 heterocycles. The van der Waals surface area contributed by atoms with Gasteiger partial charge in [0.05, 0.1) is 6.61 Å². The molecule has 0 radical (unpaired) electrons. The van der Waals surface area contributed by atoms with Crippen molar-refractivity contribution >= 4 is 29.3 Å². The molecule has 2 aliphatic rings. The van der Waals surface area contributed by atoms with Crippen LogP contribution in [0.15, 0.2) is 23.4 Å². The fourth-order valence-electron chi connectivity index (χ4n) is 4.58. The van der Waals surface area contributed by atoms with Crippen molar-refractivity contribution in [1.29, 1.82) is 0 Å². The summed E-state index contributed by atoms with van der Waals surface area (Å²) in [5.74, 6) is 1.93. The van der Waals surface area contributed by atoms with Crippen molar-refractivity contribution in [1.82, 2.24) is 20.1 Å². The second kappa shape index (κ2) is 11.5. The maximum atomic E-state index is 12.2. The number of fused-ring (bicyclic) bond motifs is 1. The number of anilines is 1. The summed E-state index contributed by atoms with van der Waals surface area (Å²) in [5, 5.41) is 15.6. The van der Waals surface area contributed by atoms with Gasteiger partial charge in [0.1, 0.15) is 11.6 Å². The Morgan fingerprint density at radius 3 is 2.91 bits per heavy atom. The van der Waals surface area contributed by atoms with E-state index >= 15 is 0 Å². The lowest BCUT2D eigenvalue weighted by molar-refractivity contribution is -0.121. The number of ether oxygens (including phenoxy) is 1. The number of rotatable bonds is 11. The number of carbonyl (C=O) groups is 2. The van der Waals surface area contributed by atoms with Gasteiger partial charge in [-0.15, -0.1) is 10.2 Å². The second-order valence-corrected chi connectivity index (χ2v) is 9.46. The van der Waals surface area contributed by atoms with Crippen LogP contribution in [0.2, 0.25) is 0 Å². The lowest BCUT2D eigenvalue weighted by Gasteiger charge is -2.17. The third-order valence-corrected chi connectivity index (χ3v) is 6.94. The molecule has 1 aromatic heterocycles. The van der Waals surface area contributed by atoms with Crippen LogP contribution in [0, 0.1) is 0 Å². The number of nitrogens with one attached hydrogen (secondary N) is 2. The molecule has 0 atom stereocenters. The van der Waals surface area contributed by atoms with Crippen LogP contribution >= 0.6 is 11.8 Å². The molecule has 2 aromatic rings. The van der Waals surface area contributed by atoms with Crippen molar-refractivity contribution in [2.24, 2.45) is 0 Å². The maximum Gasteiger partial charge on any atom is 0.224 e. The van der Waals surface area contributed by atoms with Crippen molar-refractivity contribution in [3.05, 3.63) is 29.6 Å². The van der Waals surface area contributed by atoms with Crippen LogP contribution in [-0.2, 0) is 22.4 Å². The number of aromatic nitrogens is 3. The van der Waals surface area contributed by atoms with Gasteiger partial charge in [-0.05, 0) is 62.1 Å².